The van der Waals surface area contributed by atoms with Crippen LogP contribution in [0.3, 0.4) is 0 Å². The van der Waals surface area contributed by atoms with Crippen molar-refractivity contribution in [1.82, 2.24) is 0 Å². The summed E-state index contributed by atoms with van der Waals surface area (Å²) in [7, 11) is 0. The number of hydrogen-bond acceptors (Lipinski definition) is 2. The molecule has 1 aromatic rings. The lowest BCUT2D eigenvalue weighted by Crippen LogP contribution is -2.01. The fourth-order valence-corrected chi connectivity index (χ4v) is 2.45. The molecule has 1 aromatic carbocycles. The van der Waals surface area contributed by atoms with Gasteiger partial charge in [0.1, 0.15) is 5.75 Å². The Morgan fingerprint density at radius 3 is 2.75 bits per heavy atom. The Morgan fingerprint density at radius 2 is 2.25 bits per heavy atom. The van der Waals surface area contributed by atoms with Crippen LogP contribution in [0.15, 0.2) is 12.1 Å². The summed E-state index contributed by atoms with van der Waals surface area (Å²) in [6.45, 7) is 1.95. The molecule has 1 aliphatic carbocycles. The second kappa shape index (κ2) is 3.98. The van der Waals surface area contributed by atoms with E-state index in [1.807, 2.05) is 6.92 Å². The Bertz CT molecular complexity index is 442. The molecule has 1 aliphatic rings. The molecule has 1 fully saturated rings. The molecule has 3 nitrogen and oxygen atoms in total. The quantitative estimate of drug-likeness (QED) is 0.854. The van der Waals surface area contributed by atoms with Gasteiger partial charge in [-0.1, -0.05) is 24.6 Å². The molecule has 0 saturated heterocycles. The highest BCUT2D eigenvalue weighted by Crippen LogP contribution is 2.50. The molecule has 2 rings (SSSR count). The third-order valence-electron chi connectivity index (χ3n) is 3.12. The minimum atomic E-state index is -0.753. The Hall–Kier alpha value is -1.22. The number of phenolic OH excluding ortho intramolecular Hbond substituents is 1. The van der Waals surface area contributed by atoms with Crippen LogP contribution in [0.1, 0.15) is 30.4 Å². The number of aliphatic carboxylic acids is 1. The van der Waals surface area contributed by atoms with Crippen molar-refractivity contribution in [2.75, 3.05) is 0 Å². The summed E-state index contributed by atoms with van der Waals surface area (Å²) in [5.41, 5.74) is 1.84. The van der Waals surface area contributed by atoms with Crippen LogP contribution in [-0.2, 0) is 11.2 Å². The maximum atomic E-state index is 10.8. The molecule has 0 spiro atoms. The highest BCUT2D eigenvalue weighted by atomic mass is 35.5. The average Bonchev–Trinajstić information content (AvgIpc) is 3.01. The number of carboxylic acid groups (broad SMARTS) is 1. The molecule has 0 amide bonds. The summed E-state index contributed by atoms with van der Waals surface area (Å²) in [5.74, 6) is -0.914. The zero-order valence-electron chi connectivity index (χ0n) is 8.90. The average molecular weight is 241 g/mol. The zero-order valence-corrected chi connectivity index (χ0v) is 9.66. The normalized spacial score (nSPS) is 23.1. The van der Waals surface area contributed by atoms with Crippen molar-refractivity contribution in [3.8, 4) is 5.75 Å². The van der Waals surface area contributed by atoms with E-state index in [0.29, 0.717) is 17.9 Å². The SMILES string of the molecule is CCc1c(C2CC2C(=O)O)ccc(O)c1Cl. The fourth-order valence-electron chi connectivity index (χ4n) is 2.14. The summed E-state index contributed by atoms with van der Waals surface area (Å²) in [6.07, 6.45) is 1.37. The molecule has 86 valence electrons. The summed E-state index contributed by atoms with van der Waals surface area (Å²) < 4.78 is 0. The molecule has 0 aliphatic heterocycles. The Balaban J connectivity index is 2.36. The zero-order chi connectivity index (χ0) is 11.9. The highest BCUT2D eigenvalue weighted by molar-refractivity contribution is 6.32. The van der Waals surface area contributed by atoms with E-state index < -0.39 is 5.97 Å². The van der Waals surface area contributed by atoms with Crippen LogP contribution < -0.4 is 0 Å². The van der Waals surface area contributed by atoms with Crippen molar-refractivity contribution in [3.63, 3.8) is 0 Å². The molecular formula is C12H13ClO3. The molecule has 2 atom stereocenters. The van der Waals surface area contributed by atoms with Gasteiger partial charge < -0.3 is 10.2 Å². The number of carbonyl (C=O) groups is 1. The van der Waals surface area contributed by atoms with Crippen molar-refractivity contribution in [3.05, 3.63) is 28.3 Å². The number of rotatable bonds is 3. The second-order valence-corrected chi connectivity index (χ2v) is 4.48. The van der Waals surface area contributed by atoms with Crippen molar-refractivity contribution in [1.29, 1.82) is 0 Å². The summed E-state index contributed by atoms with van der Waals surface area (Å²) in [4.78, 5) is 10.8. The number of benzene rings is 1. The van der Waals surface area contributed by atoms with Crippen LogP contribution in [0, 0.1) is 5.92 Å². The lowest BCUT2D eigenvalue weighted by Gasteiger charge is -2.10. The van der Waals surface area contributed by atoms with Crippen LogP contribution in [0.4, 0.5) is 0 Å². The van der Waals surface area contributed by atoms with Gasteiger partial charge in [0.05, 0.1) is 10.9 Å². The molecule has 0 heterocycles. The van der Waals surface area contributed by atoms with Crippen LogP contribution in [-0.4, -0.2) is 16.2 Å². The van der Waals surface area contributed by atoms with Gasteiger partial charge in [-0.3, -0.25) is 4.79 Å². The predicted molar refractivity (Wildman–Crippen MR) is 61.0 cm³/mol. The summed E-state index contributed by atoms with van der Waals surface area (Å²) in [6, 6.07) is 3.32. The van der Waals surface area contributed by atoms with E-state index in [2.05, 4.69) is 0 Å². The Kier molecular flexibility index (Phi) is 2.80. The van der Waals surface area contributed by atoms with Crippen LogP contribution in [0.25, 0.3) is 0 Å². The first kappa shape index (κ1) is 11.3. The molecule has 4 heteroatoms. The van der Waals surface area contributed by atoms with E-state index >= 15 is 0 Å². The number of carboxylic acids is 1. The van der Waals surface area contributed by atoms with Crippen LogP contribution in [0.5, 0.6) is 5.75 Å². The van der Waals surface area contributed by atoms with Gasteiger partial charge in [-0.05, 0) is 36.0 Å². The van der Waals surface area contributed by atoms with Crippen molar-refractivity contribution in [2.45, 2.75) is 25.7 Å². The largest absolute Gasteiger partial charge is 0.506 e. The number of aromatic hydroxyl groups is 1. The smallest absolute Gasteiger partial charge is 0.307 e. The van der Waals surface area contributed by atoms with Gasteiger partial charge >= 0.3 is 5.97 Å². The van der Waals surface area contributed by atoms with E-state index in [1.165, 1.54) is 6.07 Å². The number of hydrogen-bond donors (Lipinski definition) is 2. The lowest BCUT2D eigenvalue weighted by molar-refractivity contribution is -0.138. The van der Waals surface area contributed by atoms with Gasteiger partial charge in [0.2, 0.25) is 0 Å². The molecular weight excluding hydrogens is 228 g/mol. The summed E-state index contributed by atoms with van der Waals surface area (Å²) in [5, 5.41) is 18.7. The van der Waals surface area contributed by atoms with Crippen molar-refractivity contribution >= 4 is 17.6 Å². The molecule has 0 bridgehead atoms. The Labute approximate surface area is 98.7 Å². The number of halogens is 1. The molecule has 2 N–H and O–H groups in total. The molecule has 1 saturated carbocycles. The first-order valence-corrected chi connectivity index (χ1v) is 5.67. The topological polar surface area (TPSA) is 57.5 Å². The molecule has 16 heavy (non-hydrogen) atoms. The monoisotopic (exact) mass is 240 g/mol. The highest BCUT2D eigenvalue weighted by Gasteiger charge is 2.45. The lowest BCUT2D eigenvalue weighted by atomic mass is 9.99. The van der Waals surface area contributed by atoms with Crippen molar-refractivity contribution in [2.24, 2.45) is 5.92 Å². The third-order valence-corrected chi connectivity index (χ3v) is 3.54. The van der Waals surface area contributed by atoms with Crippen LogP contribution in [0.2, 0.25) is 5.02 Å². The van der Waals surface area contributed by atoms with E-state index in [4.69, 9.17) is 16.7 Å². The van der Waals surface area contributed by atoms with E-state index in [-0.39, 0.29) is 17.6 Å². The summed E-state index contributed by atoms with van der Waals surface area (Å²) >= 11 is 6.00. The van der Waals surface area contributed by atoms with Crippen LogP contribution >= 0.6 is 11.6 Å². The van der Waals surface area contributed by atoms with E-state index in [1.54, 1.807) is 6.07 Å². The molecule has 2 unspecified atom stereocenters. The minimum Gasteiger partial charge on any atom is -0.506 e. The van der Waals surface area contributed by atoms with Gasteiger partial charge in [-0.15, -0.1) is 0 Å². The van der Waals surface area contributed by atoms with Gasteiger partial charge in [-0.2, -0.15) is 0 Å². The minimum absolute atomic E-state index is 0.0607. The van der Waals surface area contributed by atoms with E-state index in [9.17, 15) is 9.90 Å². The van der Waals surface area contributed by atoms with Gasteiger partial charge in [0.15, 0.2) is 0 Å². The van der Waals surface area contributed by atoms with Gasteiger partial charge in [0, 0.05) is 0 Å². The first-order valence-electron chi connectivity index (χ1n) is 5.29. The predicted octanol–water partition coefficient (Wildman–Crippen LogP) is 2.80. The third kappa shape index (κ3) is 1.76. The molecule has 0 aromatic heterocycles. The number of phenols is 1. The first-order chi connectivity index (χ1) is 7.56. The fraction of sp³-hybridized carbons (Fsp3) is 0.417. The maximum absolute atomic E-state index is 10.8. The molecule has 0 radical (unpaired) electrons. The van der Waals surface area contributed by atoms with Crippen molar-refractivity contribution < 1.29 is 15.0 Å². The second-order valence-electron chi connectivity index (χ2n) is 4.11. The van der Waals surface area contributed by atoms with Gasteiger partial charge in [-0.25, -0.2) is 0 Å². The van der Waals surface area contributed by atoms with Gasteiger partial charge in [0.25, 0.3) is 0 Å². The Morgan fingerprint density at radius 1 is 1.56 bits per heavy atom. The van der Waals surface area contributed by atoms with E-state index in [0.717, 1.165) is 11.1 Å². The maximum Gasteiger partial charge on any atom is 0.307 e. The standard InChI is InChI=1S/C12H13ClO3/c1-2-6-7(3-4-10(14)11(6)13)8-5-9(8)12(15)16/h3-4,8-9,14H,2,5H2,1H3,(H,15,16).